The number of hydrogen-bond donors (Lipinski definition) is 3. The summed E-state index contributed by atoms with van der Waals surface area (Å²) in [4.78, 5) is 51.1. The summed E-state index contributed by atoms with van der Waals surface area (Å²) in [5.41, 5.74) is 2.13. The Balaban J connectivity index is 1.17. The number of ether oxygens (including phenoxy) is 2. The third-order valence-corrected chi connectivity index (χ3v) is 11.6. The minimum Gasteiger partial charge on any atom is -0.454 e. The second kappa shape index (κ2) is 10.4. The van der Waals surface area contributed by atoms with Crippen LogP contribution in [0.15, 0.2) is 48.1 Å². The highest BCUT2D eigenvalue weighted by Crippen LogP contribution is 2.74. The van der Waals surface area contributed by atoms with Gasteiger partial charge in [0.15, 0.2) is 18.1 Å². The summed E-state index contributed by atoms with van der Waals surface area (Å²) in [7, 11) is 0. The maximum atomic E-state index is 17.4. The number of aliphatic hydroxyl groups excluding tert-OH is 1. The number of aliphatic hydroxyl groups is 1. The smallest absolute Gasteiger partial charge is 0.338 e. The van der Waals surface area contributed by atoms with Crippen molar-refractivity contribution < 1.29 is 38.1 Å². The number of anilines is 1. The van der Waals surface area contributed by atoms with Crippen LogP contribution in [0, 0.1) is 34.5 Å². The van der Waals surface area contributed by atoms with E-state index in [1.54, 1.807) is 25.1 Å². The first-order chi connectivity index (χ1) is 20.7. The fourth-order valence-electron chi connectivity index (χ4n) is 9.20. The van der Waals surface area contributed by atoms with Crippen LogP contribution in [0.3, 0.4) is 0 Å². The van der Waals surface area contributed by atoms with Crippen molar-refractivity contribution in [2.75, 3.05) is 18.5 Å². The van der Waals surface area contributed by atoms with Gasteiger partial charge >= 0.3 is 5.97 Å². The molecule has 4 fully saturated rings. The van der Waals surface area contributed by atoms with Crippen LogP contribution < -0.4 is 11.1 Å². The second-order valence-corrected chi connectivity index (χ2v) is 14.0. The van der Waals surface area contributed by atoms with Gasteiger partial charge in [0.2, 0.25) is 11.7 Å². The Morgan fingerprint density at radius 1 is 1.20 bits per heavy atom. The lowest BCUT2D eigenvalue weighted by molar-refractivity contribution is -0.309. The van der Waals surface area contributed by atoms with Crippen molar-refractivity contribution >= 4 is 29.1 Å². The van der Waals surface area contributed by atoms with Gasteiger partial charge in [-0.15, -0.1) is 0 Å². The number of rotatable bonds is 7. The maximum absolute atomic E-state index is 17.4. The number of alkyl halides is 1. The number of nitrogens with one attached hydrogen (secondary N) is 1. The van der Waals surface area contributed by atoms with Gasteiger partial charge in [0.05, 0.1) is 24.3 Å². The van der Waals surface area contributed by atoms with Crippen molar-refractivity contribution in [2.24, 2.45) is 40.2 Å². The molecule has 1 aliphatic heterocycles. The molecule has 1 saturated heterocycles. The van der Waals surface area contributed by atoms with Gasteiger partial charge in [-0.05, 0) is 86.8 Å². The molecule has 1 aromatic carbocycles. The predicted molar refractivity (Wildman–Crippen MR) is 159 cm³/mol. The molecule has 1 aromatic rings. The molecular weight excluding hydrogens is 567 g/mol. The molecule has 1 heterocycles. The van der Waals surface area contributed by atoms with Crippen LogP contribution in [0.5, 0.6) is 0 Å². The third-order valence-electron chi connectivity index (χ3n) is 11.6. The number of hydrogen-bond acceptors (Lipinski definition) is 8. The summed E-state index contributed by atoms with van der Waals surface area (Å²) in [6, 6.07) is 5.44. The minimum absolute atomic E-state index is 0.0359. The SMILES string of the molecule is CC(C)[C@H](N)C(=O)Nc1ccc(C(=O)OCC(=O)[C@]23OC[C@@]24C[C@H](O)[C@@]2(F)[C@@H](CCC5=CC(=O)C=C[C@@]52C)[C@@H]4C[C@H]3C)cc1. The largest absolute Gasteiger partial charge is 0.454 e. The Morgan fingerprint density at radius 3 is 2.55 bits per heavy atom. The van der Waals surface area contributed by atoms with Crippen molar-refractivity contribution in [1.82, 2.24) is 0 Å². The Labute approximate surface area is 256 Å². The highest BCUT2D eigenvalue weighted by molar-refractivity contribution is 6.01. The summed E-state index contributed by atoms with van der Waals surface area (Å²) in [5.74, 6) is -2.63. The average Bonchev–Trinajstić information content (AvgIpc) is 3.14. The number of Topliss-reactive ketones (excluding diaryl/α,β-unsaturated/α-hetero) is 1. The first-order valence-electron chi connectivity index (χ1n) is 15.5. The van der Waals surface area contributed by atoms with Gasteiger partial charge in [-0.3, -0.25) is 14.4 Å². The topological polar surface area (TPSA) is 145 Å². The van der Waals surface area contributed by atoms with Gasteiger partial charge < -0.3 is 25.6 Å². The Hall–Kier alpha value is -3.21. The molecule has 4 N–H and O–H groups in total. The van der Waals surface area contributed by atoms with Gasteiger partial charge in [0.25, 0.3) is 0 Å². The van der Waals surface area contributed by atoms with E-state index in [4.69, 9.17) is 15.2 Å². The van der Waals surface area contributed by atoms with Crippen LogP contribution >= 0.6 is 0 Å². The molecule has 4 aliphatic carbocycles. The van der Waals surface area contributed by atoms with E-state index in [-0.39, 0.29) is 53.8 Å². The first kappa shape index (κ1) is 30.8. The van der Waals surface area contributed by atoms with Gasteiger partial charge in [-0.25, -0.2) is 9.18 Å². The van der Waals surface area contributed by atoms with Crippen molar-refractivity contribution in [3.05, 3.63) is 53.6 Å². The van der Waals surface area contributed by atoms with E-state index in [1.165, 1.54) is 24.3 Å². The molecule has 236 valence electrons. The molecular formula is C34H41FN2O7. The number of nitrogens with two attached hydrogens (primary N) is 1. The number of amides is 1. The predicted octanol–water partition coefficient (Wildman–Crippen LogP) is 3.70. The van der Waals surface area contributed by atoms with E-state index in [1.807, 2.05) is 20.8 Å². The molecule has 3 saturated carbocycles. The van der Waals surface area contributed by atoms with Crippen LogP contribution in [0.25, 0.3) is 0 Å². The van der Waals surface area contributed by atoms with Crippen molar-refractivity contribution in [3.8, 4) is 0 Å². The summed E-state index contributed by atoms with van der Waals surface area (Å²) in [5, 5.41) is 14.3. The maximum Gasteiger partial charge on any atom is 0.338 e. The molecule has 0 bridgehead atoms. The number of halogens is 1. The van der Waals surface area contributed by atoms with Gasteiger partial charge in [0.1, 0.15) is 5.60 Å². The molecule has 0 radical (unpaired) electrons. The fraction of sp³-hybridized carbons (Fsp3) is 0.588. The molecule has 9 atom stereocenters. The molecule has 1 amide bonds. The zero-order valence-corrected chi connectivity index (χ0v) is 25.6. The first-order valence-corrected chi connectivity index (χ1v) is 15.5. The van der Waals surface area contributed by atoms with E-state index in [9.17, 15) is 24.3 Å². The molecule has 0 unspecified atom stereocenters. The number of ketones is 2. The zero-order chi connectivity index (χ0) is 31.8. The fourth-order valence-corrected chi connectivity index (χ4v) is 9.20. The number of carbonyl (C=O) groups excluding carboxylic acids is 4. The van der Waals surface area contributed by atoms with Crippen LogP contribution in [-0.2, 0) is 23.9 Å². The van der Waals surface area contributed by atoms with Crippen molar-refractivity contribution in [3.63, 3.8) is 0 Å². The van der Waals surface area contributed by atoms with Crippen LogP contribution in [0.1, 0.15) is 63.7 Å². The number of fused-ring (bicyclic) bond motifs is 4. The summed E-state index contributed by atoms with van der Waals surface area (Å²) < 4.78 is 29.0. The lowest BCUT2D eigenvalue weighted by Crippen LogP contribution is -2.76. The van der Waals surface area contributed by atoms with E-state index < -0.39 is 52.7 Å². The molecule has 10 heteroatoms. The lowest BCUT2D eigenvalue weighted by atomic mass is 9.43. The summed E-state index contributed by atoms with van der Waals surface area (Å²) >= 11 is 0. The van der Waals surface area contributed by atoms with E-state index in [2.05, 4.69) is 5.32 Å². The second-order valence-electron chi connectivity index (χ2n) is 14.0. The van der Waals surface area contributed by atoms with Crippen molar-refractivity contribution in [2.45, 2.75) is 76.8 Å². The van der Waals surface area contributed by atoms with Crippen LogP contribution in [-0.4, -0.2) is 65.2 Å². The molecule has 0 aromatic heterocycles. The zero-order valence-electron chi connectivity index (χ0n) is 25.6. The summed E-state index contributed by atoms with van der Waals surface area (Å²) in [6.07, 6.45) is 4.76. The minimum atomic E-state index is -1.99. The monoisotopic (exact) mass is 608 g/mol. The van der Waals surface area contributed by atoms with E-state index >= 15 is 4.39 Å². The van der Waals surface area contributed by atoms with Crippen LogP contribution in [0.2, 0.25) is 0 Å². The molecule has 9 nitrogen and oxygen atoms in total. The average molecular weight is 609 g/mol. The Kier molecular flexibility index (Phi) is 7.30. The number of carbonyl (C=O) groups is 4. The molecule has 5 aliphatic rings. The van der Waals surface area contributed by atoms with E-state index in [0.717, 1.165) is 0 Å². The van der Waals surface area contributed by atoms with Crippen LogP contribution in [0.4, 0.5) is 10.1 Å². The molecule has 1 spiro atoms. The van der Waals surface area contributed by atoms with Crippen molar-refractivity contribution in [1.29, 1.82) is 0 Å². The number of esters is 1. The molecule has 44 heavy (non-hydrogen) atoms. The highest BCUT2D eigenvalue weighted by Gasteiger charge is 2.81. The van der Waals surface area contributed by atoms with Gasteiger partial charge in [-0.1, -0.05) is 32.4 Å². The molecule has 6 rings (SSSR count). The van der Waals surface area contributed by atoms with E-state index in [0.29, 0.717) is 30.5 Å². The normalized spacial score (nSPS) is 39.2. The van der Waals surface area contributed by atoms with Gasteiger partial charge in [-0.2, -0.15) is 0 Å². The highest BCUT2D eigenvalue weighted by atomic mass is 19.1. The standard InChI is InChI=1S/C34H41FN2O7/c1-18(2)28(36)29(41)37-22-8-5-20(6-9-22)30(42)43-16-27(40)34-19(3)13-25-24-10-7-21-14-23(38)11-12-31(21,4)33(24,35)26(39)15-32(25,34)17-44-34/h5-6,8-9,11-12,14,18-19,24-26,28,39H,7,10,13,15-17,36H2,1-4H3,(H,37,41)/t19-,24+,25+,26+,28+,31+,32-,33+,34+/m1/s1. The Bertz CT molecular complexity index is 1470. The summed E-state index contributed by atoms with van der Waals surface area (Å²) in [6.45, 7) is 7.09. The lowest BCUT2D eigenvalue weighted by Gasteiger charge is -2.67. The van der Waals surface area contributed by atoms with Gasteiger partial charge in [0, 0.05) is 22.4 Å². The third kappa shape index (κ3) is 4.06. The quantitative estimate of drug-likeness (QED) is 0.398. The number of allylic oxidation sites excluding steroid dienone is 4. The Morgan fingerprint density at radius 2 is 1.91 bits per heavy atom. The number of benzene rings is 1.